The SMILES string of the molecule is Cc1cc([S+](c2ccccc2)c2ccccc2)cc(C)c1OCCCl. The van der Waals surface area contributed by atoms with Gasteiger partial charge in [0.05, 0.1) is 16.8 Å². The average Bonchev–Trinajstić information content (AvgIpc) is 2.63. The first-order valence-electron chi connectivity index (χ1n) is 8.35. The van der Waals surface area contributed by atoms with Crippen LogP contribution in [0.1, 0.15) is 11.1 Å². The summed E-state index contributed by atoms with van der Waals surface area (Å²) in [6.07, 6.45) is 0. The standard InChI is InChI=1S/C22H22ClOS/c1-17-15-21(16-18(2)22(17)24-14-13-23)25(19-9-5-3-6-10-19)20-11-7-4-8-12-20/h3-12,15-16H,13-14H2,1-2H3/q+1. The molecule has 0 aliphatic heterocycles. The maximum atomic E-state index is 5.83. The number of alkyl halides is 1. The molecule has 0 atom stereocenters. The summed E-state index contributed by atoms with van der Waals surface area (Å²) in [6.45, 7) is 4.75. The molecule has 0 spiro atoms. The summed E-state index contributed by atoms with van der Waals surface area (Å²) in [5.41, 5.74) is 2.31. The van der Waals surface area contributed by atoms with E-state index < -0.39 is 0 Å². The summed E-state index contributed by atoms with van der Waals surface area (Å²) in [6, 6.07) is 25.9. The number of ether oxygens (including phenoxy) is 1. The molecule has 0 bridgehead atoms. The summed E-state index contributed by atoms with van der Waals surface area (Å²) < 4.78 is 5.83. The van der Waals surface area contributed by atoms with Crippen LogP contribution in [0.15, 0.2) is 87.5 Å². The van der Waals surface area contributed by atoms with Crippen molar-refractivity contribution in [2.24, 2.45) is 0 Å². The van der Waals surface area contributed by atoms with E-state index in [1.807, 2.05) is 0 Å². The number of hydrogen-bond acceptors (Lipinski definition) is 1. The van der Waals surface area contributed by atoms with Gasteiger partial charge in [-0.15, -0.1) is 11.6 Å². The molecule has 0 aliphatic carbocycles. The smallest absolute Gasteiger partial charge is 0.167 e. The van der Waals surface area contributed by atoms with Crippen molar-refractivity contribution < 1.29 is 4.74 Å². The fourth-order valence-corrected chi connectivity index (χ4v) is 5.26. The molecule has 0 heterocycles. The quantitative estimate of drug-likeness (QED) is 0.381. The van der Waals surface area contributed by atoms with Crippen molar-refractivity contribution in [3.63, 3.8) is 0 Å². The lowest BCUT2D eigenvalue weighted by Crippen LogP contribution is -2.07. The zero-order chi connectivity index (χ0) is 17.6. The van der Waals surface area contributed by atoms with Crippen LogP contribution in [-0.2, 0) is 10.9 Å². The van der Waals surface area contributed by atoms with Crippen LogP contribution in [0.3, 0.4) is 0 Å². The number of aryl methyl sites for hydroxylation is 2. The second-order valence-electron chi connectivity index (χ2n) is 5.86. The Kier molecular flexibility index (Phi) is 6.06. The average molecular weight is 370 g/mol. The zero-order valence-electron chi connectivity index (χ0n) is 14.5. The van der Waals surface area contributed by atoms with Gasteiger partial charge in [0, 0.05) is 12.1 Å². The Labute approximate surface area is 158 Å². The molecule has 0 saturated heterocycles. The largest absolute Gasteiger partial charge is 0.492 e. The highest BCUT2D eigenvalue weighted by Gasteiger charge is 2.29. The first-order valence-corrected chi connectivity index (χ1v) is 10.1. The normalized spacial score (nSPS) is 10.9. The number of benzene rings is 3. The fourth-order valence-electron chi connectivity index (χ4n) is 2.92. The van der Waals surface area contributed by atoms with Crippen LogP contribution in [0.2, 0.25) is 0 Å². The van der Waals surface area contributed by atoms with Crippen LogP contribution >= 0.6 is 11.6 Å². The van der Waals surface area contributed by atoms with Gasteiger partial charge in [0.2, 0.25) is 0 Å². The highest BCUT2D eigenvalue weighted by molar-refractivity contribution is 7.97. The maximum absolute atomic E-state index is 5.83. The van der Waals surface area contributed by atoms with Gasteiger partial charge in [-0.1, -0.05) is 36.4 Å². The van der Waals surface area contributed by atoms with Crippen molar-refractivity contribution >= 4 is 22.5 Å². The van der Waals surface area contributed by atoms with Crippen LogP contribution < -0.4 is 4.74 Å². The van der Waals surface area contributed by atoms with Gasteiger partial charge >= 0.3 is 0 Å². The van der Waals surface area contributed by atoms with Crippen LogP contribution in [0, 0.1) is 13.8 Å². The molecule has 0 amide bonds. The van der Waals surface area contributed by atoms with Gasteiger partial charge in [-0.2, -0.15) is 0 Å². The van der Waals surface area contributed by atoms with E-state index in [-0.39, 0.29) is 10.9 Å². The Bertz CT molecular complexity index is 755. The summed E-state index contributed by atoms with van der Waals surface area (Å²) >= 11 is 5.77. The van der Waals surface area contributed by atoms with Gasteiger partial charge in [-0.25, -0.2) is 0 Å². The van der Waals surface area contributed by atoms with Crippen molar-refractivity contribution in [2.45, 2.75) is 28.5 Å². The molecule has 0 aromatic heterocycles. The predicted octanol–water partition coefficient (Wildman–Crippen LogP) is 6.02. The number of hydrogen-bond donors (Lipinski definition) is 0. The molecule has 0 radical (unpaired) electrons. The predicted molar refractivity (Wildman–Crippen MR) is 107 cm³/mol. The van der Waals surface area contributed by atoms with E-state index in [1.54, 1.807) is 0 Å². The van der Waals surface area contributed by atoms with Crippen molar-refractivity contribution in [1.29, 1.82) is 0 Å². The van der Waals surface area contributed by atoms with E-state index in [1.165, 1.54) is 14.7 Å². The van der Waals surface area contributed by atoms with E-state index in [2.05, 4.69) is 86.6 Å². The number of halogens is 1. The summed E-state index contributed by atoms with van der Waals surface area (Å²) in [5, 5.41) is 0. The third-order valence-electron chi connectivity index (χ3n) is 3.95. The Morgan fingerprint density at radius 3 is 1.68 bits per heavy atom. The summed E-state index contributed by atoms with van der Waals surface area (Å²) in [5.74, 6) is 1.45. The molecule has 1 nitrogen and oxygen atoms in total. The first kappa shape index (κ1) is 17.9. The zero-order valence-corrected chi connectivity index (χ0v) is 16.1. The monoisotopic (exact) mass is 369 g/mol. The van der Waals surface area contributed by atoms with Crippen LogP contribution in [0.5, 0.6) is 5.75 Å². The molecule has 0 N–H and O–H groups in total. The first-order chi connectivity index (χ1) is 12.2. The van der Waals surface area contributed by atoms with Gasteiger partial charge in [0.1, 0.15) is 12.4 Å². The molecule has 0 unspecified atom stereocenters. The van der Waals surface area contributed by atoms with Crippen molar-refractivity contribution in [2.75, 3.05) is 12.5 Å². The minimum atomic E-state index is -0.131. The van der Waals surface area contributed by atoms with E-state index in [0.717, 1.165) is 16.9 Å². The Morgan fingerprint density at radius 1 is 0.760 bits per heavy atom. The maximum Gasteiger partial charge on any atom is 0.167 e. The third-order valence-corrected chi connectivity index (χ3v) is 6.30. The molecule has 128 valence electrons. The minimum absolute atomic E-state index is 0.131. The molecule has 3 heteroatoms. The van der Waals surface area contributed by atoms with Crippen LogP contribution in [0.25, 0.3) is 0 Å². The molecule has 0 fully saturated rings. The minimum Gasteiger partial charge on any atom is -0.492 e. The van der Waals surface area contributed by atoms with Crippen molar-refractivity contribution in [3.8, 4) is 5.75 Å². The lowest BCUT2D eigenvalue weighted by atomic mass is 10.1. The number of rotatable bonds is 6. The Balaban J connectivity index is 2.08. The molecule has 0 aliphatic rings. The third kappa shape index (κ3) is 4.20. The van der Waals surface area contributed by atoms with Gasteiger partial charge in [-0.05, 0) is 49.2 Å². The highest BCUT2D eigenvalue weighted by atomic mass is 35.5. The molecular weight excluding hydrogens is 348 g/mol. The fraction of sp³-hybridized carbons (Fsp3) is 0.182. The molecule has 0 saturated carbocycles. The molecular formula is C22H22ClOS+. The van der Waals surface area contributed by atoms with Gasteiger partial charge in [0.25, 0.3) is 0 Å². The topological polar surface area (TPSA) is 9.23 Å². The van der Waals surface area contributed by atoms with Crippen molar-refractivity contribution in [1.82, 2.24) is 0 Å². The molecule has 3 aromatic carbocycles. The van der Waals surface area contributed by atoms with Gasteiger partial charge in [0.15, 0.2) is 14.7 Å². The van der Waals surface area contributed by atoms with E-state index in [4.69, 9.17) is 16.3 Å². The molecule has 3 rings (SSSR count). The Hall–Kier alpha value is -1.90. The Morgan fingerprint density at radius 2 is 1.24 bits per heavy atom. The second-order valence-corrected chi connectivity index (χ2v) is 8.26. The van der Waals surface area contributed by atoms with Gasteiger partial charge in [-0.3, -0.25) is 0 Å². The van der Waals surface area contributed by atoms with Gasteiger partial charge < -0.3 is 4.74 Å². The second kappa shape index (κ2) is 8.46. The molecule has 3 aromatic rings. The lowest BCUT2D eigenvalue weighted by molar-refractivity contribution is 0.337. The molecule has 25 heavy (non-hydrogen) atoms. The van der Waals surface area contributed by atoms with Crippen LogP contribution in [-0.4, -0.2) is 12.5 Å². The summed E-state index contributed by atoms with van der Waals surface area (Å²) in [7, 11) is -0.131. The van der Waals surface area contributed by atoms with E-state index in [9.17, 15) is 0 Å². The lowest BCUT2D eigenvalue weighted by Gasteiger charge is -2.14. The highest BCUT2D eigenvalue weighted by Crippen LogP contribution is 2.35. The van der Waals surface area contributed by atoms with E-state index in [0.29, 0.717) is 12.5 Å². The summed E-state index contributed by atoms with van der Waals surface area (Å²) in [4.78, 5) is 3.95. The van der Waals surface area contributed by atoms with Crippen molar-refractivity contribution in [3.05, 3.63) is 83.9 Å². The van der Waals surface area contributed by atoms with E-state index >= 15 is 0 Å². The van der Waals surface area contributed by atoms with Crippen LogP contribution in [0.4, 0.5) is 0 Å².